The summed E-state index contributed by atoms with van der Waals surface area (Å²) in [6.07, 6.45) is 0. The van der Waals surface area contributed by atoms with Gasteiger partial charge in [-0.1, -0.05) is 52.3 Å². The molecule has 3 aromatic rings. The van der Waals surface area contributed by atoms with E-state index in [4.69, 9.17) is 0 Å². The summed E-state index contributed by atoms with van der Waals surface area (Å²) in [5.41, 5.74) is 5.54. The number of anilines is 1. The van der Waals surface area contributed by atoms with Gasteiger partial charge in [-0.2, -0.15) is 5.10 Å². The second-order valence-corrected chi connectivity index (χ2v) is 7.23. The standard InChI is InChI=1S/C21H16BrN3O2/c1-13(14-8-10-16(22)11-9-14)23-24-19(26)12-25-18-7-3-5-15-4-2-6-17(20(15)18)21(25)27/h2-11H,12H2,1H3,(H,24,26)/b23-13-. The van der Waals surface area contributed by atoms with Gasteiger partial charge in [0.25, 0.3) is 11.8 Å². The fourth-order valence-corrected chi connectivity index (χ4v) is 3.48. The van der Waals surface area contributed by atoms with E-state index < -0.39 is 0 Å². The molecule has 0 spiro atoms. The van der Waals surface area contributed by atoms with E-state index in [1.54, 1.807) is 6.07 Å². The highest BCUT2D eigenvalue weighted by molar-refractivity contribution is 9.10. The molecule has 4 rings (SSSR count). The maximum Gasteiger partial charge on any atom is 0.260 e. The third kappa shape index (κ3) is 3.24. The molecule has 27 heavy (non-hydrogen) atoms. The summed E-state index contributed by atoms with van der Waals surface area (Å²) < 4.78 is 0.976. The Morgan fingerprint density at radius 2 is 1.78 bits per heavy atom. The highest BCUT2D eigenvalue weighted by atomic mass is 79.9. The van der Waals surface area contributed by atoms with E-state index in [9.17, 15) is 9.59 Å². The molecule has 1 heterocycles. The zero-order valence-corrected chi connectivity index (χ0v) is 16.2. The molecule has 0 saturated heterocycles. The summed E-state index contributed by atoms with van der Waals surface area (Å²) in [4.78, 5) is 26.6. The Kier molecular flexibility index (Phi) is 4.49. The largest absolute Gasteiger partial charge is 0.298 e. The maximum absolute atomic E-state index is 12.7. The smallest absolute Gasteiger partial charge is 0.260 e. The minimum atomic E-state index is -0.343. The summed E-state index contributed by atoms with van der Waals surface area (Å²) in [7, 11) is 0. The van der Waals surface area contributed by atoms with Gasteiger partial charge in [0.2, 0.25) is 0 Å². The van der Waals surface area contributed by atoms with Gasteiger partial charge >= 0.3 is 0 Å². The number of nitrogens with zero attached hydrogens (tertiary/aromatic N) is 2. The molecule has 0 bridgehead atoms. The molecule has 6 heteroatoms. The zero-order chi connectivity index (χ0) is 19.0. The van der Waals surface area contributed by atoms with Crippen LogP contribution in [0.2, 0.25) is 0 Å². The van der Waals surface area contributed by atoms with E-state index in [0.29, 0.717) is 11.3 Å². The summed E-state index contributed by atoms with van der Waals surface area (Å²) in [5, 5.41) is 6.04. The van der Waals surface area contributed by atoms with Crippen molar-refractivity contribution >= 4 is 49.9 Å². The van der Waals surface area contributed by atoms with Crippen molar-refractivity contribution in [3.8, 4) is 0 Å². The molecule has 5 nitrogen and oxygen atoms in total. The average molecular weight is 422 g/mol. The Balaban J connectivity index is 1.51. The lowest BCUT2D eigenvalue weighted by molar-refractivity contribution is -0.119. The summed E-state index contributed by atoms with van der Waals surface area (Å²) in [6.45, 7) is 1.74. The highest BCUT2D eigenvalue weighted by Crippen LogP contribution is 2.36. The van der Waals surface area contributed by atoms with Gasteiger partial charge in [-0.25, -0.2) is 5.43 Å². The molecule has 1 aliphatic heterocycles. The topological polar surface area (TPSA) is 61.8 Å². The first-order chi connectivity index (χ1) is 13.0. The number of hydrogen-bond donors (Lipinski definition) is 1. The number of amides is 2. The SMILES string of the molecule is C/C(=N/NC(=O)CN1C(=O)c2cccc3cccc1c23)c1ccc(Br)cc1. The lowest BCUT2D eigenvalue weighted by atomic mass is 10.1. The van der Waals surface area contributed by atoms with Crippen LogP contribution in [0.15, 0.2) is 70.2 Å². The Bertz CT molecular complexity index is 1090. The predicted molar refractivity (Wildman–Crippen MR) is 110 cm³/mol. The lowest BCUT2D eigenvalue weighted by Gasteiger charge is -2.16. The van der Waals surface area contributed by atoms with Crippen LogP contribution in [-0.2, 0) is 4.79 Å². The van der Waals surface area contributed by atoms with Crippen LogP contribution in [0.4, 0.5) is 5.69 Å². The van der Waals surface area contributed by atoms with Crippen molar-refractivity contribution in [1.82, 2.24) is 5.43 Å². The number of carbonyl (C=O) groups excluding carboxylic acids is 2. The second-order valence-electron chi connectivity index (χ2n) is 6.31. The van der Waals surface area contributed by atoms with Crippen LogP contribution in [0, 0.1) is 0 Å². The molecule has 3 aromatic carbocycles. The van der Waals surface area contributed by atoms with Crippen LogP contribution in [0.1, 0.15) is 22.8 Å². The van der Waals surface area contributed by atoms with E-state index in [1.165, 1.54) is 4.90 Å². The van der Waals surface area contributed by atoms with Gasteiger partial charge in [0.05, 0.1) is 11.4 Å². The number of nitrogens with one attached hydrogen (secondary N) is 1. The van der Waals surface area contributed by atoms with E-state index in [2.05, 4.69) is 26.5 Å². The lowest BCUT2D eigenvalue weighted by Crippen LogP contribution is -2.37. The van der Waals surface area contributed by atoms with E-state index in [-0.39, 0.29) is 18.4 Å². The Morgan fingerprint density at radius 3 is 2.52 bits per heavy atom. The molecule has 0 fully saturated rings. The second kappa shape index (κ2) is 6.96. The van der Waals surface area contributed by atoms with E-state index in [1.807, 2.05) is 61.5 Å². The third-order valence-corrected chi connectivity index (χ3v) is 5.09. The molecule has 0 atom stereocenters. The number of hydrogen-bond acceptors (Lipinski definition) is 3. The molecule has 2 amide bonds. The Morgan fingerprint density at radius 1 is 1.07 bits per heavy atom. The van der Waals surface area contributed by atoms with Crippen molar-refractivity contribution < 1.29 is 9.59 Å². The van der Waals surface area contributed by atoms with E-state index in [0.717, 1.165) is 26.5 Å². The molecule has 1 aliphatic rings. The van der Waals surface area contributed by atoms with Crippen molar-refractivity contribution in [1.29, 1.82) is 0 Å². The van der Waals surface area contributed by atoms with Crippen LogP contribution >= 0.6 is 15.9 Å². The van der Waals surface area contributed by atoms with Gasteiger partial charge in [0, 0.05) is 15.4 Å². The quantitative estimate of drug-likeness (QED) is 0.508. The van der Waals surface area contributed by atoms with Crippen LogP contribution in [0.5, 0.6) is 0 Å². The molecule has 0 aliphatic carbocycles. The monoisotopic (exact) mass is 421 g/mol. The number of hydrazone groups is 1. The van der Waals surface area contributed by atoms with Crippen LogP contribution < -0.4 is 10.3 Å². The number of rotatable bonds is 4. The molecule has 0 radical (unpaired) electrons. The number of halogens is 1. The van der Waals surface area contributed by atoms with Gasteiger partial charge in [-0.15, -0.1) is 0 Å². The van der Waals surface area contributed by atoms with Crippen molar-refractivity contribution in [2.24, 2.45) is 5.10 Å². The molecule has 0 unspecified atom stereocenters. The zero-order valence-electron chi connectivity index (χ0n) is 14.6. The molecule has 134 valence electrons. The van der Waals surface area contributed by atoms with Gasteiger partial charge in [0.1, 0.15) is 6.54 Å². The molecule has 0 saturated carbocycles. The van der Waals surface area contributed by atoms with Gasteiger partial charge in [-0.05, 0) is 42.1 Å². The molecular formula is C21H16BrN3O2. The van der Waals surface area contributed by atoms with Crippen molar-refractivity contribution in [3.05, 3.63) is 76.3 Å². The molecule has 1 N–H and O–H groups in total. The average Bonchev–Trinajstić information content (AvgIpc) is 2.95. The first-order valence-electron chi connectivity index (χ1n) is 8.47. The van der Waals surface area contributed by atoms with Crippen LogP contribution in [0.25, 0.3) is 10.8 Å². The highest BCUT2D eigenvalue weighted by Gasteiger charge is 2.30. The van der Waals surface area contributed by atoms with Gasteiger partial charge in [-0.3, -0.25) is 14.5 Å². The fraction of sp³-hybridized carbons (Fsp3) is 0.0952. The van der Waals surface area contributed by atoms with Crippen molar-refractivity contribution in [2.45, 2.75) is 6.92 Å². The number of carbonyl (C=O) groups is 2. The molecule has 0 aromatic heterocycles. The predicted octanol–water partition coefficient (Wildman–Crippen LogP) is 4.10. The van der Waals surface area contributed by atoms with Gasteiger partial charge in [0.15, 0.2) is 0 Å². The van der Waals surface area contributed by atoms with Crippen LogP contribution in [-0.4, -0.2) is 24.1 Å². The number of benzene rings is 3. The third-order valence-electron chi connectivity index (χ3n) is 4.56. The first-order valence-corrected chi connectivity index (χ1v) is 9.26. The van der Waals surface area contributed by atoms with E-state index >= 15 is 0 Å². The first kappa shape index (κ1) is 17.4. The maximum atomic E-state index is 12.7. The van der Waals surface area contributed by atoms with Crippen LogP contribution in [0.3, 0.4) is 0 Å². The Labute approximate surface area is 164 Å². The summed E-state index contributed by atoms with van der Waals surface area (Å²) in [6, 6.07) is 19.0. The minimum Gasteiger partial charge on any atom is -0.298 e. The summed E-state index contributed by atoms with van der Waals surface area (Å²) >= 11 is 3.39. The normalized spacial score (nSPS) is 13.3. The summed E-state index contributed by atoms with van der Waals surface area (Å²) in [5.74, 6) is -0.504. The fourth-order valence-electron chi connectivity index (χ4n) is 3.22. The van der Waals surface area contributed by atoms with Gasteiger partial charge < -0.3 is 0 Å². The molecular weight excluding hydrogens is 406 g/mol. The van der Waals surface area contributed by atoms with Crippen molar-refractivity contribution in [2.75, 3.05) is 11.4 Å². The Hall–Kier alpha value is -2.99. The minimum absolute atomic E-state index is 0.0796. The van der Waals surface area contributed by atoms with Crippen molar-refractivity contribution in [3.63, 3.8) is 0 Å².